The minimum absolute atomic E-state index is 0. The molecule has 50 heavy (non-hydrogen) atoms. The van der Waals surface area contributed by atoms with Crippen LogP contribution in [0.3, 0.4) is 0 Å². The van der Waals surface area contributed by atoms with Crippen molar-refractivity contribution in [1.82, 2.24) is 0 Å². The van der Waals surface area contributed by atoms with Crippen LogP contribution in [0.15, 0.2) is 97.1 Å². The molecule has 0 radical (unpaired) electrons. The molecule has 0 amide bonds. The average molecular weight is 754 g/mol. The van der Waals surface area contributed by atoms with Gasteiger partial charge in [-0.15, -0.1) is 69.1 Å². The third-order valence-electron chi connectivity index (χ3n) is 11.0. The summed E-state index contributed by atoms with van der Waals surface area (Å²) in [6.07, 6.45) is 7.14. The quantitative estimate of drug-likeness (QED) is 0.0965. The van der Waals surface area contributed by atoms with Crippen LogP contribution in [0.1, 0.15) is 103 Å². The van der Waals surface area contributed by atoms with Crippen molar-refractivity contribution >= 4 is 40.0 Å². The van der Waals surface area contributed by atoms with Crippen molar-refractivity contribution in [2.24, 2.45) is 0 Å². The summed E-state index contributed by atoms with van der Waals surface area (Å²) in [5, 5.41) is 9.13. The van der Waals surface area contributed by atoms with Gasteiger partial charge in [0, 0.05) is 8.07 Å². The smallest absolute Gasteiger partial charge is 0.158 e. The van der Waals surface area contributed by atoms with Crippen LogP contribution in [0.4, 0.5) is 0 Å². The summed E-state index contributed by atoms with van der Waals surface area (Å²) in [7, 11) is -2.28. The predicted molar refractivity (Wildman–Crippen MR) is 221 cm³/mol. The van der Waals surface area contributed by atoms with Gasteiger partial charge in [0.05, 0.1) is 0 Å². The van der Waals surface area contributed by atoms with Crippen molar-refractivity contribution in [3.63, 3.8) is 0 Å². The van der Waals surface area contributed by atoms with E-state index in [9.17, 15) is 0 Å². The molecule has 0 unspecified atom stereocenters. The van der Waals surface area contributed by atoms with Gasteiger partial charge in [-0.2, -0.15) is 10.4 Å². The van der Waals surface area contributed by atoms with Gasteiger partial charge in [0.25, 0.3) is 0 Å². The van der Waals surface area contributed by atoms with Gasteiger partial charge in [-0.3, -0.25) is 0 Å². The second-order valence-electron chi connectivity index (χ2n) is 17.1. The van der Waals surface area contributed by atoms with Crippen LogP contribution in [-0.2, 0) is 49.9 Å². The largest absolute Gasteiger partial charge is 2.00 e. The predicted octanol–water partition coefficient (Wildman–Crippen LogP) is 12.9. The van der Waals surface area contributed by atoms with E-state index in [0.29, 0.717) is 0 Å². The fraction of sp³-hybridized carbons (Fsp3) is 0.375. The monoisotopic (exact) mass is 752 g/mol. The van der Waals surface area contributed by atoms with Crippen molar-refractivity contribution in [1.29, 1.82) is 0 Å². The van der Waals surface area contributed by atoms with Crippen molar-refractivity contribution < 1.29 is 26.2 Å². The van der Waals surface area contributed by atoms with Crippen LogP contribution < -0.4 is 10.4 Å². The van der Waals surface area contributed by atoms with Crippen LogP contribution in [0.2, 0.25) is 13.1 Å². The maximum atomic E-state index is 2.67. The second-order valence-corrected chi connectivity index (χ2v) is 21.4. The minimum atomic E-state index is -2.28. The van der Waals surface area contributed by atoms with Gasteiger partial charge in [-0.25, -0.2) is 0 Å². The molecule has 0 fully saturated rings. The molecule has 0 aliphatic heterocycles. The number of rotatable bonds is 10. The summed E-state index contributed by atoms with van der Waals surface area (Å²) in [5.74, 6) is 0. The maximum Gasteiger partial charge on any atom is 2.00 e. The zero-order valence-corrected chi connectivity index (χ0v) is 35.9. The van der Waals surface area contributed by atoms with Crippen LogP contribution in [0.25, 0.3) is 43.8 Å². The third kappa shape index (κ3) is 7.41. The molecule has 0 nitrogen and oxygen atoms in total. The second kappa shape index (κ2) is 15.0. The van der Waals surface area contributed by atoms with E-state index in [1.807, 2.05) is 0 Å². The Morgan fingerprint density at radius 1 is 0.520 bits per heavy atom. The number of unbranched alkanes of at least 4 members (excludes halogenated alkanes) is 2. The molecule has 0 aliphatic rings. The SMILES string of the molecule is CCCCc1[cH-]c2cccc(-c3ccc(C(C)(C)C)cc3)c2c1[Si](C)(C)c1c(CCCC)[cH-]c2cccc(-c3ccc(C(C)(C)C)cc3)c12.[Zr+2]. The molecule has 6 aromatic carbocycles. The van der Waals surface area contributed by atoms with E-state index in [1.54, 1.807) is 21.5 Å². The zero-order chi connectivity index (χ0) is 35.1. The molecule has 0 spiro atoms. The molecule has 0 aliphatic carbocycles. The molecule has 0 aromatic heterocycles. The summed E-state index contributed by atoms with van der Waals surface area (Å²) in [4.78, 5) is 0. The van der Waals surface area contributed by atoms with Gasteiger partial charge in [0.1, 0.15) is 0 Å². The number of hydrogen-bond donors (Lipinski definition) is 0. The number of hydrogen-bond acceptors (Lipinski definition) is 0. The molecule has 0 N–H and O–H groups in total. The molecular formula is C48H58SiZr. The summed E-state index contributed by atoms with van der Waals surface area (Å²) in [5.41, 5.74) is 11.6. The van der Waals surface area contributed by atoms with Crippen molar-refractivity contribution in [2.75, 3.05) is 0 Å². The molecule has 0 bridgehead atoms. The minimum Gasteiger partial charge on any atom is -0.158 e. The van der Waals surface area contributed by atoms with E-state index in [1.165, 1.54) is 80.6 Å². The number of fused-ring (bicyclic) bond motifs is 2. The molecule has 258 valence electrons. The normalized spacial score (nSPS) is 12.5. The van der Waals surface area contributed by atoms with E-state index in [0.717, 1.165) is 12.8 Å². The summed E-state index contributed by atoms with van der Waals surface area (Å²) >= 11 is 0. The number of benzene rings is 4. The Bertz CT molecular complexity index is 1900. The van der Waals surface area contributed by atoms with E-state index < -0.39 is 8.07 Å². The molecule has 6 rings (SSSR count). The Morgan fingerprint density at radius 2 is 0.880 bits per heavy atom. The van der Waals surface area contributed by atoms with Crippen molar-refractivity contribution in [3.8, 4) is 22.3 Å². The first-order chi connectivity index (χ1) is 23.3. The first kappa shape index (κ1) is 38.4. The Kier molecular flexibility index (Phi) is 11.6. The Labute approximate surface area is 323 Å². The van der Waals surface area contributed by atoms with E-state index in [4.69, 9.17) is 0 Å². The molecular weight excluding hydrogens is 696 g/mol. The van der Waals surface area contributed by atoms with Gasteiger partial charge in [0.2, 0.25) is 0 Å². The van der Waals surface area contributed by atoms with Gasteiger partial charge in [-0.1, -0.05) is 166 Å². The summed E-state index contributed by atoms with van der Waals surface area (Å²) in [6, 6.07) is 38.1. The molecule has 2 heteroatoms. The topological polar surface area (TPSA) is 0 Å². The molecule has 0 saturated carbocycles. The zero-order valence-electron chi connectivity index (χ0n) is 32.5. The summed E-state index contributed by atoms with van der Waals surface area (Å²) in [6.45, 7) is 23.8. The Hall–Kier alpha value is -2.80. The van der Waals surface area contributed by atoms with Crippen LogP contribution >= 0.6 is 0 Å². The number of aryl methyl sites for hydroxylation is 2. The van der Waals surface area contributed by atoms with Gasteiger partial charge in [-0.05, 0) is 45.9 Å². The molecule has 0 heterocycles. The Morgan fingerprint density at radius 3 is 1.20 bits per heavy atom. The van der Waals surface area contributed by atoms with E-state index in [2.05, 4.69) is 166 Å². The van der Waals surface area contributed by atoms with Gasteiger partial charge >= 0.3 is 26.2 Å². The maximum absolute atomic E-state index is 2.67. The van der Waals surface area contributed by atoms with Crippen LogP contribution in [-0.4, -0.2) is 8.07 Å². The fourth-order valence-corrected chi connectivity index (χ4v) is 12.3. The molecule has 0 atom stereocenters. The Balaban J connectivity index is 0.00000486. The van der Waals surface area contributed by atoms with Gasteiger partial charge in [0.15, 0.2) is 0 Å². The third-order valence-corrected chi connectivity index (χ3v) is 14.6. The first-order valence-corrected chi connectivity index (χ1v) is 21.9. The van der Waals surface area contributed by atoms with Crippen molar-refractivity contribution in [2.45, 2.75) is 118 Å². The standard InChI is InChI=1S/C48H58Si.Zr/c1-11-13-17-37-31-35-19-15-21-41(33-23-27-39(28-24-33)47(3,4)5)43(35)45(37)49(9,10)46-38(18-14-12-2)32-36-20-16-22-42(44(36)46)34-25-29-40(30-26-34)48(6,7)8;/h15-16,19-32H,11-14,17-18H2,1-10H3;/q-2;+2. The van der Waals surface area contributed by atoms with Gasteiger partial charge < -0.3 is 0 Å². The van der Waals surface area contributed by atoms with Crippen LogP contribution in [0, 0.1) is 0 Å². The van der Waals surface area contributed by atoms with E-state index in [-0.39, 0.29) is 37.0 Å². The first-order valence-electron chi connectivity index (χ1n) is 18.9. The molecule has 0 saturated heterocycles. The van der Waals surface area contributed by atoms with E-state index >= 15 is 0 Å². The summed E-state index contributed by atoms with van der Waals surface area (Å²) < 4.78 is 0. The van der Waals surface area contributed by atoms with Crippen LogP contribution in [0.5, 0.6) is 0 Å². The van der Waals surface area contributed by atoms with Crippen molar-refractivity contribution in [3.05, 3.63) is 119 Å². The molecule has 6 aromatic rings. The average Bonchev–Trinajstić information content (AvgIpc) is 3.65. The fourth-order valence-electron chi connectivity index (χ4n) is 8.24.